The fourth-order valence-electron chi connectivity index (χ4n) is 2.31. The number of benzene rings is 1. The third kappa shape index (κ3) is 3.03. The molecule has 0 spiro atoms. The highest BCUT2D eigenvalue weighted by Crippen LogP contribution is 2.23. The molecular formula is C16H13N5O2S. The Labute approximate surface area is 139 Å². The van der Waals surface area contributed by atoms with Crippen LogP contribution >= 0.6 is 0 Å². The molecule has 3 rings (SSSR count). The van der Waals surface area contributed by atoms with Crippen molar-refractivity contribution >= 4 is 10.0 Å². The Morgan fingerprint density at radius 3 is 2.50 bits per heavy atom. The molecule has 0 aliphatic carbocycles. The minimum absolute atomic E-state index is 0.0191. The highest BCUT2D eigenvalue weighted by atomic mass is 32.2. The second kappa shape index (κ2) is 5.88. The van der Waals surface area contributed by atoms with Gasteiger partial charge in [-0.25, -0.2) is 18.5 Å². The lowest BCUT2D eigenvalue weighted by Crippen LogP contribution is -2.12. The molecule has 2 N–H and O–H groups in total. The standard InChI is InChI=1S/C16H13N5O2S/c1-11-6-12(9-19-8-11)16-20-13(7-17)10-21(16)14-2-4-15(5-3-14)24(18,22)23/h2-6,8-10H,1H3,(H2,18,22,23). The summed E-state index contributed by atoms with van der Waals surface area (Å²) in [5, 5.41) is 14.2. The molecule has 120 valence electrons. The van der Waals surface area contributed by atoms with Gasteiger partial charge in [-0.15, -0.1) is 0 Å². The molecule has 0 saturated heterocycles. The third-order valence-electron chi connectivity index (χ3n) is 3.40. The van der Waals surface area contributed by atoms with Crippen LogP contribution in [0.25, 0.3) is 17.1 Å². The number of hydrogen-bond acceptors (Lipinski definition) is 5. The van der Waals surface area contributed by atoms with Gasteiger partial charge in [-0.05, 0) is 42.8 Å². The van der Waals surface area contributed by atoms with Crippen LogP contribution in [-0.4, -0.2) is 23.0 Å². The largest absolute Gasteiger partial charge is 0.298 e. The number of rotatable bonds is 3. The lowest BCUT2D eigenvalue weighted by atomic mass is 10.2. The summed E-state index contributed by atoms with van der Waals surface area (Å²) in [5.74, 6) is 0.547. The van der Waals surface area contributed by atoms with Crippen molar-refractivity contribution < 1.29 is 8.42 Å². The number of nitrogens with zero attached hydrogens (tertiary/aromatic N) is 4. The molecule has 0 amide bonds. The summed E-state index contributed by atoms with van der Waals surface area (Å²) in [6, 6.07) is 9.95. The van der Waals surface area contributed by atoms with Crippen molar-refractivity contribution in [2.75, 3.05) is 0 Å². The van der Waals surface area contributed by atoms with Gasteiger partial charge in [-0.1, -0.05) is 0 Å². The molecule has 7 nitrogen and oxygen atoms in total. The van der Waals surface area contributed by atoms with Gasteiger partial charge in [0, 0.05) is 29.8 Å². The molecule has 0 atom stereocenters. The van der Waals surface area contributed by atoms with Crippen molar-refractivity contribution in [3.8, 4) is 23.1 Å². The number of imidazole rings is 1. The van der Waals surface area contributed by atoms with E-state index in [1.165, 1.54) is 12.1 Å². The summed E-state index contributed by atoms with van der Waals surface area (Å²) < 4.78 is 24.4. The van der Waals surface area contributed by atoms with Gasteiger partial charge in [-0.2, -0.15) is 5.26 Å². The molecule has 8 heteroatoms. The van der Waals surface area contributed by atoms with E-state index in [0.29, 0.717) is 11.5 Å². The average molecular weight is 339 g/mol. The van der Waals surface area contributed by atoms with E-state index in [-0.39, 0.29) is 10.6 Å². The van der Waals surface area contributed by atoms with Gasteiger partial charge >= 0.3 is 0 Å². The van der Waals surface area contributed by atoms with Gasteiger partial charge in [-0.3, -0.25) is 9.55 Å². The Kier molecular flexibility index (Phi) is 3.89. The number of nitriles is 1. The average Bonchev–Trinajstić information content (AvgIpc) is 2.98. The summed E-state index contributed by atoms with van der Waals surface area (Å²) in [6.07, 6.45) is 4.97. The Balaban J connectivity index is 2.15. The molecule has 0 aliphatic heterocycles. The van der Waals surface area contributed by atoms with Crippen LogP contribution < -0.4 is 5.14 Å². The number of aromatic nitrogens is 3. The van der Waals surface area contributed by atoms with Gasteiger partial charge in [0.1, 0.15) is 11.9 Å². The quantitative estimate of drug-likeness (QED) is 0.781. The maximum Gasteiger partial charge on any atom is 0.238 e. The van der Waals surface area contributed by atoms with Crippen molar-refractivity contribution in [3.63, 3.8) is 0 Å². The predicted octanol–water partition coefficient (Wildman–Crippen LogP) is 1.76. The molecule has 0 radical (unpaired) electrons. The highest BCUT2D eigenvalue weighted by molar-refractivity contribution is 7.89. The Bertz CT molecular complexity index is 1050. The zero-order chi connectivity index (χ0) is 17.3. The van der Waals surface area contributed by atoms with Gasteiger partial charge in [0.05, 0.1) is 4.90 Å². The molecule has 0 fully saturated rings. The van der Waals surface area contributed by atoms with Gasteiger partial charge < -0.3 is 0 Å². The highest BCUT2D eigenvalue weighted by Gasteiger charge is 2.13. The van der Waals surface area contributed by atoms with Crippen molar-refractivity contribution in [1.82, 2.24) is 14.5 Å². The zero-order valence-corrected chi connectivity index (χ0v) is 13.5. The van der Waals surface area contributed by atoms with E-state index in [4.69, 9.17) is 10.4 Å². The van der Waals surface area contributed by atoms with E-state index in [9.17, 15) is 8.42 Å². The Morgan fingerprint density at radius 1 is 1.21 bits per heavy atom. The molecule has 1 aromatic carbocycles. The topological polar surface area (TPSA) is 115 Å². The number of primary sulfonamides is 1. The zero-order valence-electron chi connectivity index (χ0n) is 12.7. The maximum atomic E-state index is 11.4. The first-order valence-corrected chi connectivity index (χ1v) is 8.48. The lowest BCUT2D eigenvalue weighted by molar-refractivity contribution is 0.598. The number of sulfonamides is 1. The maximum absolute atomic E-state index is 11.4. The monoisotopic (exact) mass is 339 g/mol. The molecule has 0 aliphatic rings. The number of nitrogens with two attached hydrogens (primary N) is 1. The molecular weight excluding hydrogens is 326 g/mol. The molecule has 2 heterocycles. The second-order valence-electron chi connectivity index (χ2n) is 5.22. The summed E-state index contributed by atoms with van der Waals surface area (Å²) >= 11 is 0. The Hall–Kier alpha value is -3.02. The number of hydrogen-bond donors (Lipinski definition) is 1. The van der Waals surface area contributed by atoms with Crippen LogP contribution in [0.3, 0.4) is 0 Å². The van der Waals surface area contributed by atoms with E-state index < -0.39 is 10.0 Å². The lowest BCUT2D eigenvalue weighted by Gasteiger charge is -2.08. The van der Waals surface area contributed by atoms with Gasteiger partial charge in [0.15, 0.2) is 5.69 Å². The van der Waals surface area contributed by atoms with Crippen molar-refractivity contribution in [2.45, 2.75) is 11.8 Å². The normalized spacial score (nSPS) is 11.2. The molecule has 2 aromatic heterocycles. The van der Waals surface area contributed by atoms with Crippen molar-refractivity contribution in [3.05, 3.63) is 60.2 Å². The van der Waals surface area contributed by atoms with Gasteiger partial charge in [0.25, 0.3) is 0 Å². The minimum atomic E-state index is -3.76. The van der Waals surface area contributed by atoms with E-state index in [1.807, 2.05) is 19.1 Å². The van der Waals surface area contributed by atoms with E-state index in [2.05, 4.69) is 9.97 Å². The van der Waals surface area contributed by atoms with E-state index >= 15 is 0 Å². The molecule has 0 unspecified atom stereocenters. The van der Waals surface area contributed by atoms with E-state index in [0.717, 1.165) is 11.1 Å². The first kappa shape index (κ1) is 15.9. The molecule has 24 heavy (non-hydrogen) atoms. The molecule has 3 aromatic rings. The van der Waals surface area contributed by atoms with Crippen molar-refractivity contribution in [2.24, 2.45) is 5.14 Å². The first-order valence-electron chi connectivity index (χ1n) is 6.93. The third-order valence-corrected chi connectivity index (χ3v) is 4.33. The summed E-state index contributed by atoms with van der Waals surface area (Å²) in [5.41, 5.74) is 2.63. The smallest absolute Gasteiger partial charge is 0.238 e. The van der Waals surface area contributed by atoms with Crippen LogP contribution in [0.2, 0.25) is 0 Å². The summed E-state index contributed by atoms with van der Waals surface area (Å²) in [7, 11) is -3.76. The van der Waals surface area contributed by atoms with Crippen LogP contribution in [-0.2, 0) is 10.0 Å². The molecule has 0 bridgehead atoms. The van der Waals surface area contributed by atoms with Gasteiger partial charge in [0.2, 0.25) is 10.0 Å². The number of pyridine rings is 1. The molecule has 0 saturated carbocycles. The van der Waals surface area contributed by atoms with Crippen molar-refractivity contribution in [1.29, 1.82) is 5.26 Å². The predicted molar refractivity (Wildman–Crippen MR) is 87.6 cm³/mol. The summed E-state index contributed by atoms with van der Waals surface area (Å²) in [6.45, 7) is 1.91. The SMILES string of the molecule is Cc1cncc(-c2nc(C#N)cn2-c2ccc(S(N)(=O)=O)cc2)c1. The fraction of sp³-hybridized carbons (Fsp3) is 0.0625. The fourth-order valence-corrected chi connectivity index (χ4v) is 2.82. The first-order chi connectivity index (χ1) is 11.4. The second-order valence-corrected chi connectivity index (χ2v) is 6.78. The number of aryl methyl sites for hydroxylation is 1. The van der Waals surface area contributed by atoms with Crippen LogP contribution in [0.15, 0.2) is 53.8 Å². The minimum Gasteiger partial charge on any atom is -0.298 e. The van der Waals surface area contributed by atoms with Crippen LogP contribution in [0, 0.1) is 18.3 Å². The van der Waals surface area contributed by atoms with Crippen LogP contribution in [0.4, 0.5) is 0 Å². The van der Waals surface area contributed by atoms with Crippen LogP contribution in [0.5, 0.6) is 0 Å². The van der Waals surface area contributed by atoms with Crippen LogP contribution in [0.1, 0.15) is 11.3 Å². The summed E-state index contributed by atoms with van der Waals surface area (Å²) in [4.78, 5) is 8.47. The Morgan fingerprint density at radius 2 is 1.92 bits per heavy atom. The van der Waals surface area contributed by atoms with E-state index in [1.54, 1.807) is 35.3 Å².